The van der Waals surface area contributed by atoms with E-state index in [1.807, 2.05) is 16.7 Å². The van der Waals surface area contributed by atoms with Gasteiger partial charge in [-0.2, -0.15) is 0 Å². The minimum atomic E-state index is -0.373. The number of imidazole rings is 1. The molecule has 1 aliphatic heterocycles. The van der Waals surface area contributed by atoms with Crippen LogP contribution in [0.5, 0.6) is 0 Å². The number of aromatic nitrogens is 2. The fraction of sp³-hybridized carbons (Fsp3) is 0.200. The summed E-state index contributed by atoms with van der Waals surface area (Å²) in [5.41, 5.74) is 2.24. The third kappa shape index (κ3) is 4.72. The lowest BCUT2D eigenvalue weighted by atomic mass is 10.0. The summed E-state index contributed by atoms with van der Waals surface area (Å²) < 4.78 is 1.95. The fourth-order valence-corrected chi connectivity index (χ4v) is 4.39. The van der Waals surface area contributed by atoms with Gasteiger partial charge in [-0.05, 0) is 55.3 Å². The van der Waals surface area contributed by atoms with E-state index in [2.05, 4.69) is 28.8 Å². The van der Waals surface area contributed by atoms with Crippen LogP contribution in [0.15, 0.2) is 67.8 Å². The van der Waals surface area contributed by atoms with Gasteiger partial charge in [0.1, 0.15) is 0 Å². The minimum Gasteiger partial charge on any atom is -0.339 e. The van der Waals surface area contributed by atoms with Crippen molar-refractivity contribution in [3.63, 3.8) is 0 Å². The lowest BCUT2D eigenvalue weighted by Gasteiger charge is -2.33. The van der Waals surface area contributed by atoms with Crippen molar-refractivity contribution in [3.8, 4) is 0 Å². The lowest BCUT2D eigenvalue weighted by Crippen LogP contribution is -2.38. The Morgan fingerprint density at radius 2 is 1.76 bits per heavy atom. The summed E-state index contributed by atoms with van der Waals surface area (Å²) in [6.07, 6.45) is 3.85. The number of hydrogen-bond donors (Lipinski definition) is 2. The van der Waals surface area contributed by atoms with Crippen molar-refractivity contribution in [2.24, 2.45) is 0 Å². The highest BCUT2D eigenvalue weighted by Gasteiger charge is 2.27. The number of piperidine rings is 1. The number of carbonyl (C=O) groups excluding carboxylic acids is 3. The van der Waals surface area contributed by atoms with Crippen LogP contribution in [0, 0.1) is 0 Å². The average molecular weight is 478 g/mol. The first kappa shape index (κ1) is 23.3. The molecule has 1 aromatic heterocycles. The quantitative estimate of drug-likeness (QED) is 0.514. The number of para-hydroxylation sites is 1. The highest BCUT2D eigenvalue weighted by atomic mass is 35.5. The Morgan fingerprint density at radius 1 is 1.03 bits per heavy atom. The van der Waals surface area contributed by atoms with Crippen LogP contribution in [0.1, 0.15) is 29.2 Å². The first-order valence-electron chi connectivity index (χ1n) is 10.8. The average Bonchev–Trinajstić information content (AvgIpc) is 3.22. The molecule has 3 aromatic rings. The van der Waals surface area contributed by atoms with Gasteiger partial charge in [-0.25, -0.2) is 4.98 Å². The van der Waals surface area contributed by atoms with Gasteiger partial charge in [-0.1, -0.05) is 36.9 Å². The lowest BCUT2D eigenvalue weighted by molar-refractivity contribution is -0.127. The van der Waals surface area contributed by atoms with Gasteiger partial charge < -0.3 is 14.8 Å². The molecule has 0 aliphatic carbocycles. The van der Waals surface area contributed by atoms with Crippen molar-refractivity contribution in [1.29, 1.82) is 0 Å². The molecule has 34 heavy (non-hydrogen) atoms. The van der Waals surface area contributed by atoms with Gasteiger partial charge in [0.25, 0.3) is 5.91 Å². The van der Waals surface area contributed by atoms with Crippen LogP contribution in [0.25, 0.3) is 11.0 Å². The summed E-state index contributed by atoms with van der Waals surface area (Å²) in [4.78, 5) is 43.1. The zero-order valence-corrected chi connectivity index (χ0v) is 19.2. The van der Waals surface area contributed by atoms with E-state index in [0.717, 1.165) is 11.6 Å². The summed E-state index contributed by atoms with van der Waals surface area (Å²) in [6.45, 7) is 8.13. The smallest absolute Gasteiger partial charge is 0.258 e. The van der Waals surface area contributed by atoms with E-state index in [1.54, 1.807) is 35.2 Å². The molecular formula is C25H24ClN5O3. The highest BCUT2D eigenvalue weighted by Crippen LogP contribution is 2.34. The van der Waals surface area contributed by atoms with Gasteiger partial charge in [0.15, 0.2) is 0 Å². The number of likely N-dealkylation sites (tertiary alicyclic amines) is 1. The molecule has 0 saturated carbocycles. The molecule has 2 aromatic carbocycles. The molecule has 8 nitrogen and oxygen atoms in total. The third-order valence-corrected chi connectivity index (χ3v) is 6.08. The number of halogens is 1. The Labute approximate surface area is 201 Å². The number of hydrogen-bond acceptors (Lipinski definition) is 4. The Kier molecular flexibility index (Phi) is 6.79. The second kappa shape index (κ2) is 9.93. The monoisotopic (exact) mass is 477 g/mol. The number of benzene rings is 2. The first-order chi connectivity index (χ1) is 16.4. The van der Waals surface area contributed by atoms with Crippen molar-refractivity contribution >= 4 is 52.0 Å². The number of nitrogens with one attached hydrogen (secondary N) is 2. The standard InChI is InChI=1S/C25H24ClN5O3/c1-3-21(32)27-17-8-5-7-16(15-17)24(34)29-25-28-20-10-6-9-19(26)23(20)31(25)18-11-13-30(14-12-18)22(33)4-2/h3-10,15,18H,1-2,11-14H2,(H,27,32)(H,28,29,34). The molecule has 1 fully saturated rings. The molecule has 9 heteroatoms. The van der Waals surface area contributed by atoms with E-state index in [0.29, 0.717) is 53.7 Å². The van der Waals surface area contributed by atoms with E-state index in [-0.39, 0.29) is 23.8 Å². The fourth-order valence-electron chi connectivity index (χ4n) is 4.13. The molecule has 2 heterocycles. The van der Waals surface area contributed by atoms with Crippen molar-refractivity contribution < 1.29 is 14.4 Å². The minimum absolute atomic E-state index is 0.00715. The summed E-state index contributed by atoms with van der Waals surface area (Å²) in [7, 11) is 0. The highest BCUT2D eigenvalue weighted by molar-refractivity contribution is 6.35. The van der Waals surface area contributed by atoms with Crippen molar-refractivity contribution in [3.05, 3.63) is 78.4 Å². The van der Waals surface area contributed by atoms with E-state index in [9.17, 15) is 14.4 Å². The van der Waals surface area contributed by atoms with E-state index >= 15 is 0 Å². The van der Waals surface area contributed by atoms with Crippen LogP contribution in [-0.2, 0) is 9.59 Å². The van der Waals surface area contributed by atoms with Crippen molar-refractivity contribution in [2.45, 2.75) is 18.9 Å². The Hall–Kier alpha value is -3.91. The SMILES string of the molecule is C=CC(=O)Nc1cccc(C(=O)Nc2nc3cccc(Cl)c3n2C2CCN(C(=O)C=C)CC2)c1. The number of rotatable bonds is 6. The van der Waals surface area contributed by atoms with Gasteiger partial charge >= 0.3 is 0 Å². The van der Waals surface area contributed by atoms with Gasteiger partial charge in [-0.3, -0.25) is 19.7 Å². The number of carbonyl (C=O) groups is 3. The zero-order valence-electron chi connectivity index (χ0n) is 18.5. The van der Waals surface area contributed by atoms with Crippen LogP contribution < -0.4 is 10.6 Å². The van der Waals surface area contributed by atoms with Gasteiger partial charge in [0, 0.05) is 30.4 Å². The number of anilines is 2. The molecule has 3 amide bonds. The van der Waals surface area contributed by atoms with Crippen LogP contribution in [0.3, 0.4) is 0 Å². The number of amides is 3. The normalized spacial score (nSPS) is 14.0. The molecule has 0 radical (unpaired) electrons. The maximum atomic E-state index is 13.1. The molecule has 0 atom stereocenters. The summed E-state index contributed by atoms with van der Waals surface area (Å²) in [5, 5.41) is 6.08. The summed E-state index contributed by atoms with van der Waals surface area (Å²) in [6, 6.07) is 12.0. The second-order valence-corrected chi connectivity index (χ2v) is 8.31. The number of nitrogens with zero attached hydrogens (tertiary/aromatic N) is 3. The van der Waals surface area contributed by atoms with E-state index in [4.69, 9.17) is 11.6 Å². The van der Waals surface area contributed by atoms with E-state index in [1.165, 1.54) is 6.08 Å². The Bertz CT molecular complexity index is 1290. The van der Waals surface area contributed by atoms with Crippen LogP contribution >= 0.6 is 11.6 Å². The molecule has 0 spiro atoms. The second-order valence-electron chi connectivity index (χ2n) is 7.90. The molecular weight excluding hydrogens is 454 g/mol. The van der Waals surface area contributed by atoms with Gasteiger partial charge in [0.05, 0.1) is 16.1 Å². The van der Waals surface area contributed by atoms with E-state index < -0.39 is 0 Å². The molecule has 4 rings (SSSR count). The predicted octanol–water partition coefficient (Wildman–Crippen LogP) is 4.42. The van der Waals surface area contributed by atoms with Crippen molar-refractivity contribution in [1.82, 2.24) is 14.5 Å². The van der Waals surface area contributed by atoms with Crippen LogP contribution in [0.2, 0.25) is 5.02 Å². The molecule has 0 bridgehead atoms. The topological polar surface area (TPSA) is 96.3 Å². The largest absolute Gasteiger partial charge is 0.339 e. The zero-order chi connectivity index (χ0) is 24.2. The Morgan fingerprint density at radius 3 is 2.47 bits per heavy atom. The maximum Gasteiger partial charge on any atom is 0.258 e. The first-order valence-corrected chi connectivity index (χ1v) is 11.2. The molecule has 2 N–H and O–H groups in total. The third-order valence-electron chi connectivity index (χ3n) is 5.78. The number of fused-ring (bicyclic) bond motifs is 1. The van der Waals surface area contributed by atoms with Crippen molar-refractivity contribution in [2.75, 3.05) is 23.7 Å². The predicted molar refractivity (Wildman–Crippen MR) is 133 cm³/mol. The van der Waals surface area contributed by atoms with Crippen LogP contribution in [0.4, 0.5) is 11.6 Å². The molecule has 0 unspecified atom stereocenters. The molecule has 1 saturated heterocycles. The van der Waals surface area contributed by atoms with Gasteiger partial charge in [0.2, 0.25) is 17.8 Å². The van der Waals surface area contributed by atoms with Gasteiger partial charge in [-0.15, -0.1) is 0 Å². The molecule has 174 valence electrons. The Balaban J connectivity index is 1.64. The summed E-state index contributed by atoms with van der Waals surface area (Å²) >= 11 is 6.53. The summed E-state index contributed by atoms with van der Waals surface area (Å²) in [5.74, 6) is -0.456. The molecule has 1 aliphatic rings. The maximum absolute atomic E-state index is 13.1. The van der Waals surface area contributed by atoms with Crippen LogP contribution in [-0.4, -0.2) is 45.3 Å².